The molecule has 1 aromatic heterocycles. The summed E-state index contributed by atoms with van der Waals surface area (Å²) in [6.45, 7) is 6.60. The van der Waals surface area contributed by atoms with E-state index in [4.69, 9.17) is 14.5 Å². The number of nitrogens with one attached hydrogen (secondary N) is 1. The van der Waals surface area contributed by atoms with E-state index in [1.807, 2.05) is 19.1 Å². The van der Waals surface area contributed by atoms with Gasteiger partial charge in [-0.05, 0) is 50.6 Å². The minimum absolute atomic E-state index is 0.242. The van der Waals surface area contributed by atoms with Crippen molar-refractivity contribution in [3.8, 4) is 11.5 Å². The Bertz CT molecular complexity index is 1150. The molecule has 1 aliphatic heterocycles. The Labute approximate surface area is 194 Å². The largest absolute Gasteiger partial charge is 0.496 e. The van der Waals surface area contributed by atoms with Crippen LogP contribution in [0.4, 0.5) is 5.69 Å². The molecular formula is C26H30N4O3. The molecule has 1 aliphatic rings. The first-order chi connectivity index (χ1) is 16.0. The number of hydrogen-bond acceptors (Lipinski definition) is 6. The summed E-state index contributed by atoms with van der Waals surface area (Å²) in [4.78, 5) is 24.5. The summed E-state index contributed by atoms with van der Waals surface area (Å²) < 4.78 is 10.9. The minimum Gasteiger partial charge on any atom is -0.496 e. The van der Waals surface area contributed by atoms with Crippen molar-refractivity contribution in [2.75, 3.05) is 32.6 Å². The fourth-order valence-electron chi connectivity index (χ4n) is 4.25. The van der Waals surface area contributed by atoms with Crippen molar-refractivity contribution in [1.29, 1.82) is 0 Å². The molecule has 2 aromatic carbocycles. The van der Waals surface area contributed by atoms with Gasteiger partial charge >= 0.3 is 0 Å². The number of benzene rings is 2. The standard InChI is InChI=1S/C26H30N4O3/c1-17-9-10-19(24(13-17)33-4)15-30-12-11-20(16-30)25-27-14-21(18(2)28-25)26(31)29-22-7-5-6-8-23(22)32-3/h5-10,13-14,20H,11-12,15-16H2,1-4H3,(H,29,31)/t20-/m0/s1. The number of amides is 1. The van der Waals surface area contributed by atoms with E-state index in [1.165, 1.54) is 11.1 Å². The molecule has 0 aliphatic carbocycles. The molecule has 172 valence electrons. The van der Waals surface area contributed by atoms with Gasteiger partial charge in [-0.1, -0.05) is 24.3 Å². The quantitative estimate of drug-likeness (QED) is 0.581. The number of carbonyl (C=O) groups is 1. The second-order valence-electron chi connectivity index (χ2n) is 8.42. The van der Waals surface area contributed by atoms with Crippen molar-refractivity contribution in [1.82, 2.24) is 14.9 Å². The number of rotatable bonds is 7. The summed E-state index contributed by atoms with van der Waals surface area (Å²) in [5.41, 5.74) is 4.12. The second kappa shape index (κ2) is 10.0. The van der Waals surface area contributed by atoms with Gasteiger partial charge < -0.3 is 14.8 Å². The Morgan fingerprint density at radius 2 is 1.91 bits per heavy atom. The van der Waals surface area contributed by atoms with E-state index in [9.17, 15) is 4.79 Å². The van der Waals surface area contributed by atoms with Crippen LogP contribution in [0.5, 0.6) is 11.5 Å². The zero-order chi connectivity index (χ0) is 23.4. The predicted octanol–water partition coefficient (Wildman–Crippen LogP) is 4.35. The molecule has 0 bridgehead atoms. The molecule has 1 amide bonds. The first-order valence-corrected chi connectivity index (χ1v) is 11.1. The van der Waals surface area contributed by atoms with Gasteiger partial charge in [0.25, 0.3) is 5.91 Å². The lowest BCUT2D eigenvalue weighted by atomic mass is 10.1. The zero-order valence-electron chi connectivity index (χ0n) is 19.6. The van der Waals surface area contributed by atoms with Crippen molar-refractivity contribution in [3.05, 3.63) is 76.9 Å². The van der Waals surface area contributed by atoms with Crippen LogP contribution >= 0.6 is 0 Å². The topological polar surface area (TPSA) is 76.6 Å². The smallest absolute Gasteiger partial charge is 0.259 e. The van der Waals surface area contributed by atoms with Gasteiger partial charge in [-0.3, -0.25) is 9.69 Å². The van der Waals surface area contributed by atoms with Gasteiger partial charge in [0.15, 0.2) is 0 Å². The average molecular weight is 447 g/mol. The summed E-state index contributed by atoms with van der Waals surface area (Å²) >= 11 is 0. The number of nitrogens with zero attached hydrogens (tertiary/aromatic N) is 3. The number of likely N-dealkylation sites (tertiary alicyclic amines) is 1. The van der Waals surface area contributed by atoms with Crippen molar-refractivity contribution in [3.63, 3.8) is 0 Å². The SMILES string of the molecule is COc1cc(C)ccc1CN1CC[C@H](c2ncc(C(=O)Nc3ccccc3OC)c(C)n2)C1. The molecule has 1 N–H and O–H groups in total. The fraction of sp³-hybridized carbons (Fsp3) is 0.346. The molecule has 0 saturated carbocycles. The highest BCUT2D eigenvalue weighted by Crippen LogP contribution is 2.29. The Kier molecular flexibility index (Phi) is 6.89. The molecule has 4 rings (SSSR count). The van der Waals surface area contributed by atoms with Crippen molar-refractivity contribution < 1.29 is 14.3 Å². The highest BCUT2D eigenvalue weighted by molar-refractivity contribution is 6.05. The monoisotopic (exact) mass is 446 g/mol. The number of hydrogen-bond donors (Lipinski definition) is 1. The lowest BCUT2D eigenvalue weighted by Crippen LogP contribution is -2.21. The third-order valence-corrected chi connectivity index (χ3v) is 6.07. The molecule has 2 heterocycles. The van der Waals surface area contributed by atoms with E-state index in [1.54, 1.807) is 32.5 Å². The van der Waals surface area contributed by atoms with Crippen LogP contribution in [0.2, 0.25) is 0 Å². The molecule has 0 radical (unpaired) electrons. The van der Waals surface area contributed by atoms with Crippen LogP contribution < -0.4 is 14.8 Å². The van der Waals surface area contributed by atoms with Crippen LogP contribution in [-0.2, 0) is 6.54 Å². The van der Waals surface area contributed by atoms with Crippen LogP contribution in [0.3, 0.4) is 0 Å². The molecule has 1 fully saturated rings. The van der Waals surface area contributed by atoms with Crippen LogP contribution in [0, 0.1) is 13.8 Å². The third-order valence-electron chi connectivity index (χ3n) is 6.07. The van der Waals surface area contributed by atoms with E-state index >= 15 is 0 Å². The van der Waals surface area contributed by atoms with Gasteiger partial charge in [-0.25, -0.2) is 9.97 Å². The number of ether oxygens (including phenoxy) is 2. The highest BCUT2D eigenvalue weighted by atomic mass is 16.5. The maximum absolute atomic E-state index is 12.8. The Hall–Kier alpha value is -3.45. The molecule has 0 unspecified atom stereocenters. The van der Waals surface area contributed by atoms with Crippen LogP contribution in [-0.4, -0.2) is 48.1 Å². The number of aromatic nitrogens is 2. The average Bonchev–Trinajstić information content (AvgIpc) is 3.29. The molecule has 7 heteroatoms. The van der Waals surface area contributed by atoms with Crippen molar-refractivity contribution in [2.45, 2.75) is 32.7 Å². The summed E-state index contributed by atoms with van der Waals surface area (Å²) in [5.74, 6) is 2.32. The predicted molar refractivity (Wildman–Crippen MR) is 128 cm³/mol. The first kappa shape index (κ1) is 22.7. The summed E-state index contributed by atoms with van der Waals surface area (Å²) in [5, 5.41) is 2.89. The maximum atomic E-state index is 12.8. The number of methoxy groups -OCH3 is 2. The van der Waals surface area contributed by atoms with E-state index in [2.05, 4.69) is 40.3 Å². The van der Waals surface area contributed by atoms with E-state index < -0.39 is 0 Å². The van der Waals surface area contributed by atoms with Crippen LogP contribution in [0.1, 0.15) is 45.3 Å². The maximum Gasteiger partial charge on any atom is 0.259 e. The molecule has 33 heavy (non-hydrogen) atoms. The van der Waals surface area contributed by atoms with Gasteiger partial charge in [0, 0.05) is 30.8 Å². The Morgan fingerprint density at radius 3 is 2.67 bits per heavy atom. The summed E-state index contributed by atoms with van der Waals surface area (Å²) in [6.07, 6.45) is 2.62. The van der Waals surface area contributed by atoms with Crippen LogP contribution in [0.25, 0.3) is 0 Å². The Balaban J connectivity index is 1.42. The van der Waals surface area contributed by atoms with E-state index in [0.717, 1.165) is 37.6 Å². The third kappa shape index (κ3) is 5.14. The summed E-state index contributed by atoms with van der Waals surface area (Å²) in [6, 6.07) is 13.6. The van der Waals surface area contributed by atoms with Crippen LogP contribution in [0.15, 0.2) is 48.7 Å². The van der Waals surface area contributed by atoms with Gasteiger partial charge in [-0.15, -0.1) is 0 Å². The van der Waals surface area contributed by atoms with Gasteiger partial charge in [0.05, 0.1) is 31.2 Å². The molecule has 1 saturated heterocycles. The fourth-order valence-corrected chi connectivity index (χ4v) is 4.25. The van der Waals surface area contributed by atoms with E-state index in [0.29, 0.717) is 22.7 Å². The normalized spacial score (nSPS) is 15.9. The second-order valence-corrected chi connectivity index (χ2v) is 8.42. The number of aryl methyl sites for hydroxylation is 2. The van der Waals surface area contributed by atoms with Gasteiger partial charge in [0.2, 0.25) is 0 Å². The lowest BCUT2D eigenvalue weighted by molar-refractivity contribution is 0.102. The number of anilines is 1. The molecular weight excluding hydrogens is 416 g/mol. The van der Waals surface area contributed by atoms with Crippen molar-refractivity contribution >= 4 is 11.6 Å². The number of para-hydroxylation sites is 2. The lowest BCUT2D eigenvalue weighted by Gasteiger charge is -2.18. The minimum atomic E-state index is -0.247. The molecule has 3 aromatic rings. The van der Waals surface area contributed by atoms with Gasteiger partial charge in [-0.2, -0.15) is 0 Å². The summed E-state index contributed by atoms with van der Waals surface area (Å²) in [7, 11) is 3.29. The first-order valence-electron chi connectivity index (χ1n) is 11.1. The van der Waals surface area contributed by atoms with E-state index in [-0.39, 0.29) is 11.8 Å². The molecule has 0 spiro atoms. The zero-order valence-corrected chi connectivity index (χ0v) is 19.6. The number of carbonyl (C=O) groups excluding carboxylic acids is 1. The van der Waals surface area contributed by atoms with Crippen molar-refractivity contribution in [2.24, 2.45) is 0 Å². The highest BCUT2D eigenvalue weighted by Gasteiger charge is 2.27. The molecule has 1 atom stereocenters. The Morgan fingerprint density at radius 1 is 1.12 bits per heavy atom. The van der Waals surface area contributed by atoms with Gasteiger partial charge in [0.1, 0.15) is 17.3 Å². The molecule has 7 nitrogen and oxygen atoms in total.